The molecule has 2 heterocycles. The first-order chi connectivity index (χ1) is 19.5. The Kier molecular flexibility index (Phi) is 10.7. The van der Waals surface area contributed by atoms with Gasteiger partial charge in [-0.3, -0.25) is 18.9 Å². The normalized spacial score (nSPS) is 10.8. The molecule has 8 nitrogen and oxygen atoms in total. The Labute approximate surface area is 281 Å². The minimum atomic E-state index is -0.599. The van der Waals surface area contributed by atoms with Crippen LogP contribution in [0, 0.1) is 0 Å². The first-order valence-corrected chi connectivity index (χ1v) is 13.6. The predicted octanol–water partition coefficient (Wildman–Crippen LogP) is 5.52. The average molecular weight is 577 g/mol. The zero-order valence-electron chi connectivity index (χ0n) is 22.9. The second-order valence-electron chi connectivity index (χ2n) is 9.59. The van der Waals surface area contributed by atoms with Gasteiger partial charge in [0.25, 0.3) is 5.56 Å². The second kappa shape index (κ2) is 14.2. The van der Waals surface area contributed by atoms with Crippen LogP contribution in [-0.4, -0.2) is 71.1 Å². The summed E-state index contributed by atoms with van der Waals surface area (Å²) in [6.07, 6.45) is 3.04. The van der Waals surface area contributed by atoms with Crippen molar-refractivity contribution in [3.05, 3.63) is 116 Å². The number of hydrogen-bond acceptors (Lipinski definition) is 6. The van der Waals surface area contributed by atoms with Gasteiger partial charge in [-0.25, -0.2) is 9.78 Å². The van der Waals surface area contributed by atoms with Crippen LogP contribution in [-0.2, 0) is 25.8 Å². The molecule has 1 N–H and O–H groups in total. The molecule has 0 saturated carbocycles. The number of aryl methyl sites for hydroxylation is 3. The number of benzene rings is 3. The van der Waals surface area contributed by atoms with Crippen molar-refractivity contribution in [2.45, 2.75) is 53.0 Å². The van der Waals surface area contributed by atoms with Crippen LogP contribution in [0.4, 0.5) is 0 Å². The Morgan fingerprint density at radius 1 is 0.878 bits per heavy atom. The Bertz CT molecular complexity index is 1740. The zero-order valence-corrected chi connectivity index (χ0v) is 22.9. The fourth-order valence-electron chi connectivity index (χ4n) is 4.76. The molecule has 41 heavy (non-hydrogen) atoms. The van der Waals surface area contributed by atoms with E-state index in [0.717, 1.165) is 46.5 Å². The quantitative estimate of drug-likeness (QED) is 0.220. The van der Waals surface area contributed by atoms with E-state index in [0.29, 0.717) is 36.7 Å². The van der Waals surface area contributed by atoms with Crippen LogP contribution in [0.3, 0.4) is 0 Å². The molecule has 0 fully saturated rings. The van der Waals surface area contributed by atoms with Crippen molar-refractivity contribution in [1.82, 2.24) is 19.7 Å². The molecular weight excluding hydrogens is 543 g/mol. The number of aromatic amines is 1. The van der Waals surface area contributed by atoms with Crippen LogP contribution in [0.15, 0.2) is 86.9 Å². The van der Waals surface area contributed by atoms with Gasteiger partial charge in [0.15, 0.2) is 5.82 Å². The van der Waals surface area contributed by atoms with E-state index in [1.165, 1.54) is 0 Å². The van der Waals surface area contributed by atoms with Gasteiger partial charge in [-0.1, -0.05) is 86.6 Å². The Hall–Kier alpha value is -3.08. The van der Waals surface area contributed by atoms with Crippen LogP contribution in [0.25, 0.3) is 22.5 Å². The fraction of sp³-hybridized carbons (Fsp3) is 0.250. The molecule has 0 aliphatic carbocycles. The van der Waals surface area contributed by atoms with Crippen molar-refractivity contribution in [3.8, 4) is 34.0 Å². The van der Waals surface area contributed by atoms with Gasteiger partial charge < -0.3 is 4.74 Å². The first kappa shape index (κ1) is 30.9. The summed E-state index contributed by atoms with van der Waals surface area (Å²) < 4.78 is 12.6. The third kappa shape index (κ3) is 7.05. The van der Waals surface area contributed by atoms with Crippen molar-refractivity contribution in [2.75, 3.05) is 0 Å². The van der Waals surface area contributed by atoms with E-state index in [1.807, 2.05) is 79.7 Å². The van der Waals surface area contributed by atoms with Crippen LogP contribution in [0.5, 0.6) is 11.5 Å². The van der Waals surface area contributed by atoms with E-state index < -0.39 is 5.76 Å². The molecule has 5 aromatic rings. The molecule has 0 radical (unpaired) electrons. The number of rotatable bonds is 10. The van der Waals surface area contributed by atoms with Gasteiger partial charge in [0.2, 0.25) is 5.75 Å². The third-order valence-corrected chi connectivity index (χ3v) is 6.84. The van der Waals surface area contributed by atoms with Gasteiger partial charge in [0, 0.05) is 12.0 Å². The number of nitrogens with zero attached hydrogens (tertiary/aromatic N) is 3. The molecule has 0 amide bonds. The maximum absolute atomic E-state index is 13.9. The molecule has 0 spiro atoms. The molecule has 0 atom stereocenters. The molecule has 206 valence electrons. The van der Waals surface area contributed by atoms with E-state index in [-0.39, 0.29) is 62.7 Å². The Morgan fingerprint density at radius 2 is 1.63 bits per heavy atom. The van der Waals surface area contributed by atoms with Crippen molar-refractivity contribution in [1.29, 1.82) is 0 Å². The Balaban J connectivity index is 0.00000387. The van der Waals surface area contributed by atoms with E-state index in [1.54, 1.807) is 4.57 Å². The number of aromatic nitrogens is 4. The summed E-state index contributed by atoms with van der Waals surface area (Å²) in [5.41, 5.74) is 5.20. The van der Waals surface area contributed by atoms with Gasteiger partial charge in [0.1, 0.15) is 11.6 Å². The summed E-state index contributed by atoms with van der Waals surface area (Å²) in [5.74, 6) is 1.45. The van der Waals surface area contributed by atoms with Gasteiger partial charge >= 0.3 is 57.1 Å². The Morgan fingerprint density at radius 3 is 2.29 bits per heavy atom. The van der Waals surface area contributed by atoms with Crippen LogP contribution in [0.1, 0.15) is 49.8 Å². The summed E-state index contributed by atoms with van der Waals surface area (Å²) in [6.45, 7) is 6.53. The predicted molar refractivity (Wildman–Crippen MR) is 162 cm³/mol. The van der Waals surface area contributed by atoms with E-state index in [9.17, 15) is 9.59 Å². The number of H-pyrrole nitrogens is 1. The zero-order chi connectivity index (χ0) is 28.1. The van der Waals surface area contributed by atoms with Gasteiger partial charge in [-0.2, -0.15) is 0 Å². The molecule has 3 aromatic carbocycles. The number of ether oxygens (including phenoxy) is 1. The van der Waals surface area contributed by atoms with Crippen LogP contribution >= 0.6 is 0 Å². The molecule has 9 heteroatoms. The maximum atomic E-state index is 13.9. The number of nitrogens with one attached hydrogen (secondary N) is 1. The van der Waals surface area contributed by atoms with Gasteiger partial charge in [-0.05, 0) is 53.6 Å². The third-order valence-electron chi connectivity index (χ3n) is 6.84. The van der Waals surface area contributed by atoms with Crippen molar-refractivity contribution >= 4 is 51.4 Å². The molecule has 0 saturated heterocycles. The van der Waals surface area contributed by atoms with Gasteiger partial charge in [-0.15, -0.1) is 0 Å². The van der Waals surface area contributed by atoms with Crippen molar-refractivity contribution < 1.29 is 9.26 Å². The molecular formula is C32H33KN4O4. The molecule has 0 aliphatic heterocycles. The topological polar surface area (TPSA) is 103 Å². The molecule has 0 aliphatic rings. The average Bonchev–Trinajstić information content (AvgIpc) is 3.43. The molecule has 0 bridgehead atoms. The van der Waals surface area contributed by atoms with Crippen molar-refractivity contribution in [2.24, 2.45) is 0 Å². The van der Waals surface area contributed by atoms with Gasteiger partial charge in [0.05, 0.1) is 12.2 Å². The monoisotopic (exact) mass is 576 g/mol. The van der Waals surface area contributed by atoms with E-state index in [4.69, 9.17) is 14.2 Å². The molecule has 0 unspecified atom stereocenters. The standard InChI is InChI=1S/C32H32N4O4.K.H/c1-4-10-28-33-27(6-3)29(39-24-12-9-11-21(5-2)19-24)31(37)36(28)20-22-15-17-23(18-16-22)25-13-7-8-14-26(25)30-34-32(38)40-35-30;;/h7-9,11-19H,4-6,10,20H2,1-3H3,(H,34,35,38);;. The SMILES string of the molecule is CCCc1nc(CC)c(Oc2cccc(CC)c2)c(=O)n1Cc1ccc(-c2ccccc2-c2noc(=O)[nH]2)cc1.[KH]. The van der Waals surface area contributed by atoms with E-state index in [2.05, 4.69) is 24.0 Å². The first-order valence-electron chi connectivity index (χ1n) is 13.6. The second-order valence-corrected chi connectivity index (χ2v) is 9.59. The minimum absolute atomic E-state index is 0. The fourth-order valence-corrected chi connectivity index (χ4v) is 4.76. The van der Waals surface area contributed by atoms with Crippen LogP contribution < -0.4 is 16.1 Å². The summed E-state index contributed by atoms with van der Waals surface area (Å²) >= 11 is 0. The van der Waals surface area contributed by atoms with E-state index >= 15 is 0 Å². The summed E-state index contributed by atoms with van der Waals surface area (Å²) in [5, 5.41) is 3.84. The van der Waals surface area contributed by atoms with Crippen molar-refractivity contribution in [3.63, 3.8) is 0 Å². The summed E-state index contributed by atoms with van der Waals surface area (Å²) in [6, 6.07) is 23.5. The summed E-state index contributed by atoms with van der Waals surface area (Å²) in [7, 11) is 0. The van der Waals surface area contributed by atoms with Crippen LogP contribution in [0.2, 0.25) is 0 Å². The summed E-state index contributed by atoms with van der Waals surface area (Å²) in [4.78, 5) is 32.9. The molecule has 5 rings (SSSR count). The molecule has 2 aromatic heterocycles. The number of hydrogen-bond donors (Lipinski definition) is 1.